The Balaban J connectivity index is 1.89. The first-order valence-corrected chi connectivity index (χ1v) is 8.02. The number of nitrogens with one attached hydrogen (secondary N) is 2. The SMILES string of the molecule is Clc1cccc(C(Cc2ccccc2)NC2=NCCN2)c1Cl. The van der Waals surface area contributed by atoms with Crippen LogP contribution in [0.3, 0.4) is 0 Å². The summed E-state index contributed by atoms with van der Waals surface area (Å²) in [7, 11) is 0. The highest BCUT2D eigenvalue weighted by Crippen LogP contribution is 2.31. The van der Waals surface area contributed by atoms with Gasteiger partial charge in [-0.2, -0.15) is 0 Å². The van der Waals surface area contributed by atoms with E-state index in [1.807, 2.05) is 30.3 Å². The number of hydrogen-bond acceptors (Lipinski definition) is 3. The molecule has 0 radical (unpaired) electrons. The van der Waals surface area contributed by atoms with Crippen LogP contribution in [0.4, 0.5) is 0 Å². The zero-order valence-corrected chi connectivity index (χ0v) is 13.5. The van der Waals surface area contributed by atoms with Crippen LogP contribution in [-0.2, 0) is 6.42 Å². The highest BCUT2D eigenvalue weighted by atomic mass is 35.5. The minimum Gasteiger partial charge on any atom is -0.355 e. The van der Waals surface area contributed by atoms with Crippen LogP contribution in [0.2, 0.25) is 10.0 Å². The lowest BCUT2D eigenvalue weighted by Gasteiger charge is -2.22. The van der Waals surface area contributed by atoms with Crippen LogP contribution in [0.25, 0.3) is 0 Å². The van der Waals surface area contributed by atoms with E-state index in [1.54, 1.807) is 6.07 Å². The van der Waals surface area contributed by atoms with E-state index in [-0.39, 0.29) is 6.04 Å². The van der Waals surface area contributed by atoms with Gasteiger partial charge in [0.2, 0.25) is 0 Å². The lowest BCUT2D eigenvalue weighted by Crippen LogP contribution is -2.37. The Morgan fingerprint density at radius 1 is 1.09 bits per heavy atom. The first kappa shape index (κ1) is 15.2. The van der Waals surface area contributed by atoms with E-state index in [4.69, 9.17) is 23.2 Å². The van der Waals surface area contributed by atoms with Gasteiger partial charge in [0.25, 0.3) is 0 Å². The lowest BCUT2D eigenvalue weighted by molar-refractivity contribution is 0.634. The van der Waals surface area contributed by atoms with Gasteiger partial charge in [0, 0.05) is 6.54 Å². The van der Waals surface area contributed by atoms with Gasteiger partial charge in [-0.1, -0.05) is 65.7 Å². The molecule has 1 aliphatic rings. The van der Waals surface area contributed by atoms with Crippen molar-refractivity contribution in [1.82, 2.24) is 10.6 Å². The zero-order valence-electron chi connectivity index (χ0n) is 12.0. The Morgan fingerprint density at radius 2 is 1.91 bits per heavy atom. The molecule has 22 heavy (non-hydrogen) atoms. The molecular weight excluding hydrogens is 317 g/mol. The smallest absolute Gasteiger partial charge is 0.191 e. The number of aliphatic imine (C=N–C) groups is 1. The second-order valence-corrected chi connectivity index (χ2v) is 5.97. The summed E-state index contributed by atoms with van der Waals surface area (Å²) in [6.45, 7) is 1.66. The van der Waals surface area contributed by atoms with Crippen LogP contribution in [-0.4, -0.2) is 19.0 Å². The molecule has 5 heteroatoms. The van der Waals surface area contributed by atoms with Crippen molar-refractivity contribution in [2.75, 3.05) is 13.1 Å². The van der Waals surface area contributed by atoms with Crippen molar-refractivity contribution < 1.29 is 0 Å². The van der Waals surface area contributed by atoms with Gasteiger partial charge in [-0.05, 0) is 23.6 Å². The summed E-state index contributed by atoms with van der Waals surface area (Å²) in [5, 5.41) is 7.85. The van der Waals surface area contributed by atoms with E-state index in [9.17, 15) is 0 Å². The molecule has 3 nitrogen and oxygen atoms in total. The minimum absolute atomic E-state index is 0.0120. The lowest BCUT2D eigenvalue weighted by atomic mass is 9.99. The van der Waals surface area contributed by atoms with Gasteiger partial charge in [-0.25, -0.2) is 0 Å². The maximum absolute atomic E-state index is 6.41. The largest absolute Gasteiger partial charge is 0.355 e. The Hall–Kier alpha value is -1.71. The number of nitrogens with zero attached hydrogens (tertiary/aromatic N) is 1. The molecule has 1 atom stereocenters. The molecule has 0 amide bonds. The number of benzene rings is 2. The molecule has 1 heterocycles. The molecule has 0 fully saturated rings. The predicted octanol–water partition coefficient (Wildman–Crippen LogP) is 3.83. The van der Waals surface area contributed by atoms with Crippen molar-refractivity contribution in [2.45, 2.75) is 12.5 Å². The molecule has 0 saturated heterocycles. The third kappa shape index (κ3) is 3.54. The van der Waals surface area contributed by atoms with Crippen molar-refractivity contribution in [1.29, 1.82) is 0 Å². The molecule has 2 aromatic rings. The average Bonchev–Trinajstić information content (AvgIpc) is 3.03. The van der Waals surface area contributed by atoms with Gasteiger partial charge in [0.05, 0.1) is 22.6 Å². The van der Waals surface area contributed by atoms with Crippen LogP contribution in [0.15, 0.2) is 53.5 Å². The summed E-state index contributed by atoms with van der Waals surface area (Å²) in [6, 6.07) is 16.1. The number of rotatable bonds is 4. The Bertz CT molecular complexity index is 671. The van der Waals surface area contributed by atoms with Gasteiger partial charge in [0.15, 0.2) is 5.96 Å². The van der Waals surface area contributed by atoms with Crippen LogP contribution >= 0.6 is 23.2 Å². The molecule has 2 aromatic carbocycles. The normalized spacial score (nSPS) is 15.1. The van der Waals surface area contributed by atoms with Gasteiger partial charge < -0.3 is 10.6 Å². The van der Waals surface area contributed by atoms with Crippen molar-refractivity contribution in [2.24, 2.45) is 4.99 Å². The van der Waals surface area contributed by atoms with Crippen LogP contribution in [0.1, 0.15) is 17.2 Å². The van der Waals surface area contributed by atoms with Gasteiger partial charge in [-0.15, -0.1) is 0 Å². The third-order valence-corrected chi connectivity index (χ3v) is 4.46. The van der Waals surface area contributed by atoms with Crippen LogP contribution < -0.4 is 10.6 Å². The maximum Gasteiger partial charge on any atom is 0.191 e. The molecule has 1 unspecified atom stereocenters. The van der Waals surface area contributed by atoms with Crippen molar-refractivity contribution in [3.8, 4) is 0 Å². The molecule has 0 spiro atoms. The van der Waals surface area contributed by atoms with E-state index in [1.165, 1.54) is 5.56 Å². The fraction of sp³-hybridized carbons (Fsp3) is 0.235. The first-order chi connectivity index (χ1) is 10.7. The Labute approximate surface area is 140 Å². The zero-order chi connectivity index (χ0) is 15.4. The number of halogens is 2. The molecule has 0 aliphatic carbocycles. The van der Waals surface area contributed by atoms with Crippen molar-refractivity contribution in [3.63, 3.8) is 0 Å². The maximum atomic E-state index is 6.41. The Kier molecular flexibility index (Phi) is 4.86. The van der Waals surface area contributed by atoms with E-state index < -0.39 is 0 Å². The number of hydrogen-bond donors (Lipinski definition) is 2. The second-order valence-electron chi connectivity index (χ2n) is 5.19. The first-order valence-electron chi connectivity index (χ1n) is 7.27. The molecular formula is C17H17Cl2N3. The van der Waals surface area contributed by atoms with E-state index in [0.717, 1.165) is 31.0 Å². The Morgan fingerprint density at radius 3 is 2.64 bits per heavy atom. The highest BCUT2D eigenvalue weighted by molar-refractivity contribution is 6.42. The van der Waals surface area contributed by atoms with Gasteiger partial charge in [0.1, 0.15) is 0 Å². The molecule has 114 valence electrons. The van der Waals surface area contributed by atoms with E-state index in [2.05, 4.69) is 27.8 Å². The summed E-state index contributed by atoms with van der Waals surface area (Å²) in [5.41, 5.74) is 2.21. The number of guanidine groups is 1. The minimum atomic E-state index is 0.0120. The highest BCUT2D eigenvalue weighted by Gasteiger charge is 2.19. The monoisotopic (exact) mass is 333 g/mol. The van der Waals surface area contributed by atoms with Crippen LogP contribution in [0.5, 0.6) is 0 Å². The molecule has 0 saturated carbocycles. The van der Waals surface area contributed by atoms with Gasteiger partial charge in [-0.3, -0.25) is 4.99 Å². The van der Waals surface area contributed by atoms with E-state index in [0.29, 0.717) is 10.0 Å². The predicted molar refractivity (Wildman–Crippen MR) is 92.8 cm³/mol. The fourth-order valence-electron chi connectivity index (χ4n) is 2.54. The fourth-order valence-corrected chi connectivity index (χ4v) is 2.98. The molecule has 0 bridgehead atoms. The van der Waals surface area contributed by atoms with Crippen molar-refractivity contribution >= 4 is 29.2 Å². The summed E-state index contributed by atoms with van der Waals surface area (Å²) in [6.07, 6.45) is 0.807. The summed E-state index contributed by atoms with van der Waals surface area (Å²) in [4.78, 5) is 4.41. The average molecular weight is 334 g/mol. The standard InChI is InChI=1S/C17H17Cl2N3/c18-14-8-4-7-13(16(14)19)15(22-17-20-9-10-21-17)11-12-5-2-1-3-6-12/h1-8,15H,9-11H2,(H2,20,21,22). The summed E-state index contributed by atoms with van der Waals surface area (Å²) >= 11 is 12.6. The molecule has 2 N–H and O–H groups in total. The van der Waals surface area contributed by atoms with E-state index >= 15 is 0 Å². The van der Waals surface area contributed by atoms with Gasteiger partial charge >= 0.3 is 0 Å². The second kappa shape index (κ2) is 7.03. The quantitative estimate of drug-likeness (QED) is 0.892. The van der Waals surface area contributed by atoms with Crippen LogP contribution in [0, 0.1) is 0 Å². The third-order valence-electron chi connectivity index (χ3n) is 3.62. The molecule has 3 rings (SSSR count). The summed E-state index contributed by atoms with van der Waals surface area (Å²) in [5.74, 6) is 0.817. The molecule has 0 aromatic heterocycles. The topological polar surface area (TPSA) is 36.4 Å². The summed E-state index contributed by atoms with van der Waals surface area (Å²) < 4.78 is 0. The van der Waals surface area contributed by atoms with Crippen molar-refractivity contribution in [3.05, 3.63) is 69.7 Å². The molecule has 1 aliphatic heterocycles.